The molecular formula is C53H36N6. The van der Waals surface area contributed by atoms with Crippen LogP contribution in [0.4, 0.5) is 0 Å². The number of aromatic nitrogens is 6. The third kappa shape index (κ3) is 4.87. The second-order valence-corrected chi connectivity index (χ2v) is 15.9. The Bertz CT molecular complexity index is 3430. The third-order valence-corrected chi connectivity index (χ3v) is 12.3. The van der Waals surface area contributed by atoms with Gasteiger partial charge in [-0.25, -0.2) is 4.98 Å². The van der Waals surface area contributed by atoms with Crippen LogP contribution in [0.3, 0.4) is 0 Å². The van der Waals surface area contributed by atoms with Gasteiger partial charge in [0.1, 0.15) is 0 Å². The second-order valence-electron chi connectivity index (χ2n) is 15.9. The summed E-state index contributed by atoms with van der Waals surface area (Å²) in [5.74, 6) is 1.74. The summed E-state index contributed by atoms with van der Waals surface area (Å²) in [6.07, 6.45) is 3.80. The van der Waals surface area contributed by atoms with E-state index in [0.29, 0.717) is 17.6 Å². The molecule has 0 spiro atoms. The lowest BCUT2D eigenvalue weighted by Gasteiger charge is -2.21. The van der Waals surface area contributed by atoms with Crippen molar-refractivity contribution in [2.45, 2.75) is 19.3 Å². The minimum Gasteiger partial charge on any atom is -0.307 e. The Kier molecular flexibility index (Phi) is 7.17. The van der Waals surface area contributed by atoms with Crippen LogP contribution in [0, 0.1) is 0 Å². The Hall–Kier alpha value is -7.70. The van der Waals surface area contributed by atoms with Gasteiger partial charge in [-0.05, 0) is 69.8 Å². The van der Waals surface area contributed by atoms with Crippen molar-refractivity contribution in [1.82, 2.24) is 29.1 Å². The van der Waals surface area contributed by atoms with E-state index in [4.69, 9.17) is 15.0 Å². The van der Waals surface area contributed by atoms with Crippen molar-refractivity contribution in [2.75, 3.05) is 0 Å². The third-order valence-electron chi connectivity index (χ3n) is 12.3. The summed E-state index contributed by atoms with van der Waals surface area (Å²) in [4.78, 5) is 20.5. The van der Waals surface area contributed by atoms with Crippen molar-refractivity contribution >= 4 is 43.6 Å². The normalized spacial score (nSPS) is 13.1. The molecule has 4 heterocycles. The van der Waals surface area contributed by atoms with Crippen LogP contribution in [-0.2, 0) is 5.41 Å². The highest BCUT2D eigenvalue weighted by Crippen LogP contribution is 2.53. The molecule has 0 fully saturated rings. The van der Waals surface area contributed by atoms with E-state index in [1.165, 1.54) is 44.2 Å². The number of rotatable bonds is 5. The average molecular weight is 757 g/mol. The molecule has 0 radical (unpaired) electrons. The zero-order valence-electron chi connectivity index (χ0n) is 32.5. The minimum absolute atomic E-state index is 0.106. The molecule has 6 nitrogen and oxygen atoms in total. The molecule has 7 aromatic carbocycles. The quantitative estimate of drug-likeness (QED) is 0.175. The van der Waals surface area contributed by atoms with Gasteiger partial charge in [-0.1, -0.05) is 147 Å². The van der Waals surface area contributed by atoms with E-state index in [-0.39, 0.29) is 5.41 Å². The number of hydrogen-bond donors (Lipinski definition) is 0. The van der Waals surface area contributed by atoms with Crippen molar-refractivity contribution in [2.24, 2.45) is 0 Å². The van der Waals surface area contributed by atoms with Crippen LogP contribution < -0.4 is 0 Å². The first-order valence-electron chi connectivity index (χ1n) is 20.1. The zero-order valence-corrected chi connectivity index (χ0v) is 32.5. The van der Waals surface area contributed by atoms with Crippen LogP contribution in [0.2, 0.25) is 0 Å². The van der Waals surface area contributed by atoms with Crippen LogP contribution in [0.5, 0.6) is 0 Å². The van der Waals surface area contributed by atoms with E-state index in [1.54, 1.807) is 0 Å². The zero-order chi connectivity index (χ0) is 39.2. The minimum atomic E-state index is -0.106. The Balaban J connectivity index is 1.14. The first-order chi connectivity index (χ1) is 29.1. The van der Waals surface area contributed by atoms with Gasteiger partial charge in [-0.2, -0.15) is 9.97 Å². The van der Waals surface area contributed by atoms with Gasteiger partial charge in [0.25, 0.3) is 0 Å². The fraction of sp³-hybridized carbons (Fsp3) is 0.0566. The molecule has 11 aromatic rings. The molecule has 1 aliphatic rings. The van der Waals surface area contributed by atoms with Crippen LogP contribution in [0.1, 0.15) is 25.0 Å². The number of pyridine rings is 1. The molecular weight excluding hydrogens is 721 g/mol. The van der Waals surface area contributed by atoms with E-state index in [1.807, 2.05) is 30.6 Å². The van der Waals surface area contributed by atoms with Crippen LogP contribution in [-0.4, -0.2) is 29.1 Å². The molecule has 4 aromatic heterocycles. The maximum atomic E-state index is 5.42. The largest absolute Gasteiger partial charge is 0.307 e. The summed E-state index contributed by atoms with van der Waals surface area (Å²) in [6.45, 7) is 4.68. The lowest BCUT2D eigenvalue weighted by molar-refractivity contribution is 0.660. The number of benzene rings is 7. The summed E-state index contributed by atoms with van der Waals surface area (Å²) < 4.78 is 4.50. The fourth-order valence-corrected chi connectivity index (χ4v) is 9.68. The van der Waals surface area contributed by atoms with E-state index in [2.05, 4.69) is 180 Å². The van der Waals surface area contributed by atoms with Gasteiger partial charge < -0.3 is 4.57 Å². The van der Waals surface area contributed by atoms with E-state index in [9.17, 15) is 0 Å². The average Bonchev–Trinajstić information content (AvgIpc) is 3.90. The Morgan fingerprint density at radius 2 is 1.03 bits per heavy atom. The smallest absolute Gasteiger partial charge is 0.238 e. The van der Waals surface area contributed by atoms with Crippen LogP contribution in [0.15, 0.2) is 182 Å². The SMILES string of the molecule is CC1(C)c2ccccc2-c2c(-c3cccc4c3c3ccccc3n4-c3nc(-c4ccccc4)nc(-c4ccccc4-n4c5ccccc5c5ccncc54)n3)cccc21. The lowest BCUT2D eigenvalue weighted by Crippen LogP contribution is -2.14. The van der Waals surface area contributed by atoms with E-state index >= 15 is 0 Å². The number of para-hydroxylation sites is 3. The number of fused-ring (bicyclic) bond motifs is 9. The Morgan fingerprint density at radius 3 is 1.90 bits per heavy atom. The van der Waals surface area contributed by atoms with Crippen molar-refractivity contribution in [3.8, 4) is 56.7 Å². The Labute approximate surface area is 340 Å². The molecule has 0 bridgehead atoms. The number of hydrogen-bond acceptors (Lipinski definition) is 4. The molecule has 0 unspecified atom stereocenters. The van der Waals surface area contributed by atoms with Gasteiger partial charge in [0.2, 0.25) is 5.95 Å². The fourth-order valence-electron chi connectivity index (χ4n) is 9.68. The summed E-state index contributed by atoms with van der Waals surface area (Å²) in [5.41, 5.74) is 14.6. The molecule has 12 rings (SSSR count). The molecule has 0 saturated carbocycles. The van der Waals surface area contributed by atoms with Crippen LogP contribution in [0.25, 0.3) is 100 Å². The van der Waals surface area contributed by atoms with Crippen molar-refractivity contribution in [1.29, 1.82) is 0 Å². The molecule has 0 amide bonds. The van der Waals surface area contributed by atoms with Crippen molar-refractivity contribution in [3.05, 3.63) is 193 Å². The number of nitrogens with zero attached hydrogens (tertiary/aromatic N) is 6. The van der Waals surface area contributed by atoms with Crippen molar-refractivity contribution < 1.29 is 0 Å². The summed E-state index contributed by atoms with van der Waals surface area (Å²) in [7, 11) is 0. The molecule has 278 valence electrons. The van der Waals surface area contributed by atoms with E-state index < -0.39 is 0 Å². The molecule has 0 atom stereocenters. The topological polar surface area (TPSA) is 61.4 Å². The lowest BCUT2D eigenvalue weighted by atomic mass is 9.82. The maximum Gasteiger partial charge on any atom is 0.238 e. The summed E-state index contributed by atoms with van der Waals surface area (Å²) in [5, 5.41) is 4.62. The van der Waals surface area contributed by atoms with Crippen LogP contribution >= 0.6 is 0 Å². The highest BCUT2D eigenvalue weighted by molar-refractivity contribution is 6.17. The predicted molar refractivity (Wildman–Crippen MR) is 240 cm³/mol. The second kappa shape index (κ2) is 12.7. The first kappa shape index (κ1) is 33.4. The molecule has 0 N–H and O–H groups in total. The molecule has 0 aliphatic heterocycles. The van der Waals surface area contributed by atoms with Gasteiger partial charge in [-0.15, -0.1) is 0 Å². The van der Waals surface area contributed by atoms with E-state index in [0.717, 1.165) is 49.7 Å². The summed E-state index contributed by atoms with van der Waals surface area (Å²) in [6, 6.07) is 60.1. The van der Waals surface area contributed by atoms with Gasteiger partial charge >= 0.3 is 0 Å². The highest BCUT2D eigenvalue weighted by atomic mass is 15.2. The monoisotopic (exact) mass is 756 g/mol. The summed E-state index contributed by atoms with van der Waals surface area (Å²) >= 11 is 0. The van der Waals surface area contributed by atoms with Gasteiger partial charge in [0.05, 0.1) is 34.0 Å². The molecule has 0 saturated heterocycles. The van der Waals surface area contributed by atoms with Crippen molar-refractivity contribution in [3.63, 3.8) is 0 Å². The predicted octanol–water partition coefficient (Wildman–Crippen LogP) is 12.8. The highest BCUT2D eigenvalue weighted by Gasteiger charge is 2.37. The molecule has 59 heavy (non-hydrogen) atoms. The maximum absolute atomic E-state index is 5.42. The standard InChI is InChI=1S/C53H36N6/c1-53(2)41-24-10-6-19-38(41)48-36(22-14-25-42(48)53)37-23-15-29-46-49(37)39-20-8-12-27-44(39)59(46)52-56-50(33-16-4-3-5-17-33)55-51(57-52)40-21-9-13-28-45(40)58-43-26-11-7-18-34(43)35-30-31-54-32-47(35)58/h3-32H,1-2H3. The molecule has 1 aliphatic carbocycles. The first-order valence-corrected chi connectivity index (χ1v) is 20.1. The van der Waals surface area contributed by atoms with Gasteiger partial charge in [0.15, 0.2) is 11.6 Å². The van der Waals surface area contributed by atoms with Gasteiger partial charge in [0, 0.05) is 44.3 Å². The van der Waals surface area contributed by atoms with Gasteiger partial charge in [-0.3, -0.25) is 9.55 Å². The Morgan fingerprint density at radius 1 is 0.424 bits per heavy atom. The molecule has 6 heteroatoms.